The molecule has 0 fully saturated rings. The number of aromatic hydroxyl groups is 1. The van der Waals surface area contributed by atoms with Crippen LogP contribution in [0, 0.1) is 0 Å². The normalized spacial score (nSPS) is 13.4. The Hall–Kier alpha value is -3.95. The summed E-state index contributed by atoms with van der Waals surface area (Å²) in [5.41, 5.74) is -0.613. The fourth-order valence-electron chi connectivity index (χ4n) is 4.05. The van der Waals surface area contributed by atoms with Crippen LogP contribution in [-0.4, -0.2) is 40.4 Å². The topological polar surface area (TPSA) is 127 Å². The van der Waals surface area contributed by atoms with Crippen LogP contribution in [0.5, 0.6) is 23.0 Å². The van der Waals surface area contributed by atoms with E-state index in [1.807, 2.05) is 13.8 Å². The van der Waals surface area contributed by atoms with E-state index in [0.717, 1.165) is 17.5 Å². The molecule has 10 heteroatoms. The fraction of sp³-hybridized carbons (Fsp3) is 0.545. The number of phenolic OH excluding ortho intramolecular Hbond substituents is 1. The monoisotopic (exact) mass is 602 g/mol. The second-order valence-electron chi connectivity index (χ2n) is 13.4. The Morgan fingerprint density at radius 2 is 1.07 bits per heavy atom. The number of benzene rings is 2. The van der Waals surface area contributed by atoms with Crippen molar-refractivity contribution < 1.29 is 47.9 Å². The minimum Gasteiger partial charge on any atom is -0.504 e. The molecule has 0 amide bonds. The number of rotatable bonds is 8. The van der Waals surface area contributed by atoms with Crippen molar-refractivity contribution in [1.82, 2.24) is 0 Å². The van der Waals surface area contributed by atoms with Crippen LogP contribution in [0.2, 0.25) is 0 Å². The lowest BCUT2D eigenvalue weighted by Crippen LogP contribution is -2.27. The summed E-state index contributed by atoms with van der Waals surface area (Å²) < 4.78 is 31.7. The van der Waals surface area contributed by atoms with Gasteiger partial charge in [0.2, 0.25) is 0 Å². The highest BCUT2D eigenvalue weighted by Crippen LogP contribution is 2.39. The minimum absolute atomic E-state index is 0.00162. The summed E-state index contributed by atoms with van der Waals surface area (Å²) in [6.07, 6.45) is -1.37. The summed E-state index contributed by atoms with van der Waals surface area (Å²) in [4.78, 5) is 36.9. The smallest absolute Gasteiger partial charge is 0.504 e. The van der Waals surface area contributed by atoms with Gasteiger partial charge in [0.05, 0.1) is 0 Å². The molecule has 0 radical (unpaired) electrons. The number of carbonyl (C=O) groups excluding carboxylic acids is 3. The average Bonchev–Trinajstić information content (AvgIpc) is 2.81. The highest BCUT2D eigenvalue weighted by atomic mass is 16.8. The van der Waals surface area contributed by atoms with Gasteiger partial charge in [-0.05, 0) is 122 Å². The summed E-state index contributed by atoms with van der Waals surface area (Å²) in [6.45, 7) is 19.5. The van der Waals surface area contributed by atoms with Crippen molar-refractivity contribution in [3.05, 3.63) is 47.5 Å². The van der Waals surface area contributed by atoms with E-state index in [-0.39, 0.29) is 34.8 Å². The van der Waals surface area contributed by atoms with E-state index in [1.54, 1.807) is 92.6 Å². The largest absolute Gasteiger partial charge is 0.514 e. The Morgan fingerprint density at radius 1 is 0.651 bits per heavy atom. The molecule has 0 bridgehead atoms. The molecular weight excluding hydrogens is 556 g/mol. The molecule has 1 N–H and O–H groups in total. The summed E-state index contributed by atoms with van der Waals surface area (Å²) >= 11 is 0. The van der Waals surface area contributed by atoms with Gasteiger partial charge in [-0.25, -0.2) is 14.4 Å². The quantitative estimate of drug-likeness (QED) is 0.178. The van der Waals surface area contributed by atoms with Gasteiger partial charge < -0.3 is 33.5 Å². The average molecular weight is 603 g/mol. The van der Waals surface area contributed by atoms with E-state index < -0.39 is 35.3 Å². The van der Waals surface area contributed by atoms with Crippen LogP contribution in [0.1, 0.15) is 112 Å². The van der Waals surface area contributed by atoms with Crippen LogP contribution < -0.4 is 14.2 Å². The van der Waals surface area contributed by atoms with Gasteiger partial charge in [-0.3, -0.25) is 0 Å². The van der Waals surface area contributed by atoms with E-state index in [9.17, 15) is 19.5 Å². The van der Waals surface area contributed by atoms with Gasteiger partial charge in [0.15, 0.2) is 23.0 Å². The molecule has 0 aliphatic heterocycles. The van der Waals surface area contributed by atoms with Gasteiger partial charge in [-0.1, -0.05) is 26.0 Å². The van der Waals surface area contributed by atoms with Gasteiger partial charge in [0.1, 0.15) is 16.8 Å². The maximum atomic E-state index is 12.5. The highest BCUT2D eigenvalue weighted by molar-refractivity contribution is 5.70. The number of ether oxygens (including phenoxy) is 6. The molecule has 0 aliphatic carbocycles. The lowest BCUT2D eigenvalue weighted by Gasteiger charge is -2.23. The Kier molecular flexibility index (Phi) is 11.5. The Balaban J connectivity index is 2.28. The van der Waals surface area contributed by atoms with Crippen LogP contribution in [0.3, 0.4) is 0 Å². The Morgan fingerprint density at radius 3 is 1.51 bits per heavy atom. The van der Waals surface area contributed by atoms with E-state index in [2.05, 4.69) is 0 Å². The molecule has 2 unspecified atom stereocenters. The number of carbonyl (C=O) groups is 3. The van der Waals surface area contributed by atoms with E-state index in [0.29, 0.717) is 6.42 Å². The molecule has 0 heterocycles. The van der Waals surface area contributed by atoms with Gasteiger partial charge in [-0.15, -0.1) is 0 Å². The third-order valence-electron chi connectivity index (χ3n) is 5.87. The van der Waals surface area contributed by atoms with E-state index >= 15 is 0 Å². The van der Waals surface area contributed by atoms with Crippen LogP contribution >= 0.6 is 0 Å². The second kappa shape index (κ2) is 14.0. The molecule has 0 spiro atoms. The van der Waals surface area contributed by atoms with Crippen LogP contribution in [0.15, 0.2) is 36.4 Å². The molecule has 2 rings (SSSR count). The number of phenols is 1. The standard InChI is InChI=1S/C33H46O10/c1-12-21(17-20(2)22-13-15-25(24(34)18-22)38-28(35)41-31(3,4)5)23-14-16-26(39-29(36)42-32(6,7)8)27(19-23)40-30(37)43-33(9,10)11/h13-16,18-21,34H,12,17H2,1-11H3. The molecule has 43 heavy (non-hydrogen) atoms. The maximum absolute atomic E-state index is 12.5. The lowest BCUT2D eigenvalue weighted by atomic mass is 9.84. The molecule has 2 atom stereocenters. The Labute approximate surface area is 254 Å². The van der Waals surface area contributed by atoms with Gasteiger partial charge in [0.25, 0.3) is 0 Å². The van der Waals surface area contributed by atoms with E-state index in [4.69, 9.17) is 28.4 Å². The minimum atomic E-state index is -0.940. The number of hydrogen-bond donors (Lipinski definition) is 1. The third kappa shape index (κ3) is 12.4. The predicted octanol–water partition coefficient (Wildman–Crippen LogP) is 9.02. The van der Waals surface area contributed by atoms with Crippen LogP contribution in [0.25, 0.3) is 0 Å². The second-order valence-corrected chi connectivity index (χ2v) is 13.4. The molecule has 0 saturated carbocycles. The zero-order chi connectivity index (χ0) is 32.8. The van der Waals surface area contributed by atoms with Crippen molar-refractivity contribution in [3.8, 4) is 23.0 Å². The summed E-state index contributed by atoms with van der Waals surface area (Å²) in [5, 5.41) is 10.5. The Bertz CT molecular complexity index is 1280. The van der Waals surface area contributed by atoms with Crippen molar-refractivity contribution in [2.45, 2.75) is 118 Å². The lowest BCUT2D eigenvalue weighted by molar-refractivity contribution is 0.0137. The molecule has 2 aromatic rings. The van der Waals surface area contributed by atoms with Crippen molar-refractivity contribution >= 4 is 18.5 Å². The first-order chi connectivity index (χ1) is 19.7. The van der Waals surface area contributed by atoms with Crippen molar-refractivity contribution in [1.29, 1.82) is 0 Å². The van der Waals surface area contributed by atoms with E-state index in [1.165, 1.54) is 6.07 Å². The fourth-order valence-corrected chi connectivity index (χ4v) is 4.05. The van der Waals surface area contributed by atoms with Gasteiger partial charge in [0, 0.05) is 0 Å². The number of hydrogen-bond acceptors (Lipinski definition) is 10. The predicted molar refractivity (Wildman–Crippen MR) is 161 cm³/mol. The maximum Gasteiger partial charge on any atom is 0.514 e. The van der Waals surface area contributed by atoms with Crippen LogP contribution in [-0.2, 0) is 14.2 Å². The highest BCUT2D eigenvalue weighted by Gasteiger charge is 2.25. The molecule has 2 aromatic carbocycles. The van der Waals surface area contributed by atoms with Crippen molar-refractivity contribution in [3.63, 3.8) is 0 Å². The summed E-state index contributed by atoms with van der Waals surface area (Å²) in [5.74, 6) is -0.158. The SMILES string of the molecule is CCC(CC(C)c1ccc(OC(=O)OC(C)(C)C)c(O)c1)c1ccc(OC(=O)OC(C)(C)C)c(OC(=O)OC(C)(C)C)c1. The van der Waals surface area contributed by atoms with Crippen molar-refractivity contribution in [2.75, 3.05) is 0 Å². The van der Waals surface area contributed by atoms with Gasteiger partial charge in [-0.2, -0.15) is 0 Å². The molecule has 0 aromatic heterocycles. The third-order valence-corrected chi connectivity index (χ3v) is 5.87. The summed E-state index contributed by atoms with van der Waals surface area (Å²) in [6, 6.07) is 9.89. The zero-order valence-electron chi connectivity index (χ0n) is 27.2. The molecular formula is C33H46O10. The first-order valence-corrected chi connectivity index (χ1v) is 14.3. The zero-order valence-corrected chi connectivity index (χ0v) is 27.2. The first kappa shape index (κ1) is 35.2. The van der Waals surface area contributed by atoms with Gasteiger partial charge >= 0.3 is 18.5 Å². The molecule has 0 aliphatic rings. The molecule has 10 nitrogen and oxygen atoms in total. The molecule has 0 saturated heterocycles. The first-order valence-electron chi connectivity index (χ1n) is 14.3. The van der Waals surface area contributed by atoms with Crippen LogP contribution in [0.4, 0.5) is 14.4 Å². The van der Waals surface area contributed by atoms with Crippen molar-refractivity contribution in [2.24, 2.45) is 0 Å². The molecule has 238 valence electrons. The summed E-state index contributed by atoms with van der Waals surface area (Å²) in [7, 11) is 0.